The molecule has 0 aliphatic heterocycles. The van der Waals surface area contributed by atoms with Gasteiger partial charge < -0.3 is 5.11 Å². The number of thiophene rings is 1. The van der Waals surface area contributed by atoms with Crippen LogP contribution in [0.1, 0.15) is 15.2 Å². The molecule has 2 aromatic heterocycles. The Hall–Kier alpha value is -2.14. The van der Waals surface area contributed by atoms with E-state index in [0.29, 0.717) is 11.4 Å². The number of nitrogens with zero attached hydrogens (tertiary/aromatic N) is 2. The molecule has 0 saturated carbocycles. The first-order valence-electron chi connectivity index (χ1n) is 5.46. The first-order valence-corrected chi connectivity index (χ1v) is 6.34. The molecule has 0 aliphatic carbocycles. The standard InChI is InChI=1S/C13H10N2O2S/c16-13(17)12-10(5-6-18-12)8-15-11-4-2-1-3-9(11)7-14-15/h1-7H,8H2,(H,16,17). The number of hydrogen-bond acceptors (Lipinski definition) is 3. The van der Waals surface area contributed by atoms with Gasteiger partial charge in [-0.15, -0.1) is 11.3 Å². The van der Waals surface area contributed by atoms with Gasteiger partial charge >= 0.3 is 5.97 Å². The maximum atomic E-state index is 11.1. The first-order chi connectivity index (χ1) is 8.75. The van der Waals surface area contributed by atoms with Gasteiger partial charge in [0.1, 0.15) is 4.88 Å². The van der Waals surface area contributed by atoms with Crippen molar-refractivity contribution < 1.29 is 9.90 Å². The molecule has 0 aliphatic rings. The molecule has 0 amide bonds. The Balaban J connectivity index is 2.02. The molecule has 0 unspecified atom stereocenters. The molecule has 0 spiro atoms. The second kappa shape index (κ2) is 4.27. The van der Waals surface area contributed by atoms with Gasteiger partial charge in [0, 0.05) is 5.39 Å². The molecule has 3 rings (SSSR count). The highest BCUT2D eigenvalue weighted by atomic mass is 32.1. The Morgan fingerprint density at radius 2 is 2.17 bits per heavy atom. The van der Waals surface area contributed by atoms with Crippen LogP contribution in [-0.4, -0.2) is 20.9 Å². The first kappa shape index (κ1) is 11.0. The van der Waals surface area contributed by atoms with Gasteiger partial charge in [0.15, 0.2) is 0 Å². The van der Waals surface area contributed by atoms with Gasteiger partial charge in [0.2, 0.25) is 0 Å². The lowest BCUT2D eigenvalue weighted by Gasteiger charge is -2.03. The number of fused-ring (bicyclic) bond motifs is 1. The van der Waals surface area contributed by atoms with Gasteiger partial charge in [0.05, 0.1) is 18.3 Å². The predicted molar refractivity (Wildman–Crippen MR) is 70.1 cm³/mol. The summed E-state index contributed by atoms with van der Waals surface area (Å²) >= 11 is 1.24. The lowest BCUT2D eigenvalue weighted by Crippen LogP contribution is -2.05. The molecule has 0 saturated heterocycles. The summed E-state index contributed by atoms with van der Waals surface area (Å²) in [5.74, 6) is -0.878. The van der Waals surface area contributed by atoms with Gasteiger partial charge in [-0.1, -0.05) is 18.2 Å². The quantitative estimate of drug-likeness (QED) is 0.786. The molecular formula is C13H10N2O2S. The molecule has 3 aromatic rings. The highest BCUT2D eigenvalue weighted by molar-refractivity contribution is 7.12. The minimum absolute atomic E-state index is 0.384. The van der Waals surface area contributed by atoms with Crippen molar-refractivity contribution >= 4 is 28.2 Å². The van der Waals surface area contributed by atoms with Crippen LogP contribution in [0, 0.1) is 0 Å². The summed E-state index contributed by atoms with van der Waals surface area (Å²) in [7, 11) is 0. The van der Waals surface area contributed by atoms with Crippen molar-refractivity contribution in [3.05, 3.63) is 52.3 Å². The number of hydrogen-bond donors (Lipinski definition) is 1. The third kappa shape index (κ3) is 1.78. The van der Waals surface area contributed by atoms with Crippen LogP contribution in [0.25, 0.3) is 10.9 Å². The fourth-order valence-corrected chi connectivity index (χ4v) is 2.71. The summed E-state index contributed by atoms with van der Waals surface area (Å²) in [5.41, 5.74) is 1.81. The lowest BCUT2D eigenvalue weighted by atomic mass is 10.2. The third-order valence-corrected chi connectivity index (χ3v) is 3.76. The zero-order valence-electron chi connectivity index (χ0n) is 9.41. The van der Waals surface area contributed by atoms with E-state index < -0.39 is 5.97 Å². The van der Waals surface area contributed by atoms with Crippen molar-refractivity contribution in [3.63, 3.8) is 0 Å². The molecule has 0 radical (unpaired) electrons. The van der Waals surface area contributed by atoms with Gasteiger partial charge in [-0.2, -0.15) is 5.10 Å². The Labute approximate surface area is 107 Å². The molecule has 90 valence electrons. The molecule has 0 atom stereocenters. The van der Waals surface area contributed by atoms with Crippen molar-refractivity contribution in [1.82, 2.24) is 9.78 Å². The second-order valence-corrected chi connectivity index (χ2v) is 4.86. The van der Waals surface area contributed by atoms with E-state index in [-0.39, 0.29) is 0 Å². The van der Waals surface area contributed by atoms with E-state index in [1.807, 2.05) is 35.0 Å². The van der Waals surface area contributed by atoms with E-state index >= 15 is 0 Å². The van der Waals surface area contributed by atoms with E-state index in [2.05, 4.69) is 5.10 Å². The summed E-state index contributed by atoms with van der Waals surface area (Å²) in [5, 5.41) is 16.2. The van der Waals surface area contributed by atoms with Crippen LogP contribution < -0.4 is 0 Å². The van der Waals surface area contributed by atoms with Gasteiger partial charge in [-0.25, -0.2) is 4.79 Å². The monoisotopic (exact) mass is 258 g/mol. The average molecular weight is 258 g/mol. The van der Waals surface area contributed by atoms with Crippen LogP contribution in [0.4, 0.5) is 0 Å². The van der Waals surface area contributed by atoms with E-state index in [4.69, 9.17) is 5.11 Å². The molecule has 1 N–H and O–H groups in total. The van der Waals surface area contributed by atoms with Crippen LogP contribution in [0.15, 0.2) is 41.9 Å². The third-order valence-electron chi connectivity index (χ3n) is 2.81. The summed E-state index contributed by atoms with van der Waals surface area (Å²) in [6, 6.07) is 9.72. The molecule has 5 heteroatoms. The fourth-order valence-electron chi connectivity index (χ4n) is 1.96. The Morgan fingerprint density at radius 1 is 1.33 bits per heavy atom. The highest BCUT2D eigenvalue weighted by Crippen LogP contribution is 2.20. The molecule has 4 nitrogen and oxygen atoms in total. The van der Waals surface area contributed by atoms with Crippen LogP contribution in [0.5, 0.6) is 0 Å². The maximum absolute atomic E-state index is 11.1. The summed E-state index contributed by atoms with van der Waals surface area (Å²) in [4.78, 5) is 11.4. The molecule has 1 aromatic carbocycles. The highest BCUT2D eigenvalue weighted by Gasteiger charge is 2.13. The topological polar surface area (TPSA) is 55.1 Å². The fraction of sp³-hybridized carbons (Fsp3) is 0.0769. The van der Waals surface area contributed by atoms with Gasteiger partial charge in [-0.05, 0) is 23.1 Å². The number of carbonyl (C=O) groups is 1. The van der Waals surface area contributed by atoms with Crippen LogP contribution >= 0.6 is 11.3 Å². The molecular weight excluding hydrogens is 248 g/mol. The minimum atomic E-state index is -0.878. The van der Waals surface area contributed by atoms with E-state index in [9.17, 15) is 4.79 Å². The number of benzene rings is 1. The van der Waals surface area contributed by atoms with Gasteiger partial charge in [0.25, 0.3) is 0 Å². The smallest absolute Gasteiger partial charge is 0.346 e. The van der Waals surface area contributed by atoms with Crippen molar-refractivity contribution in [1.29, 1.82) is 0 Å². The van der Waals surface area contributed by atoms with Crippen molar-refractivity contribution in [2.24, 2.45) is 0 Å². The van der Waals surface area contributed by atoms with Crippen molar-refractivity contribution in [2.45, 2.75) is 6.54 Å². The average Bonchev–Trinajstić information content (AvgIpc) is 2.97. The van der Waals surface area contributed by atoms with Crippen molar-refractivity contribution in [2.75, 3.05) is 0 Å². The number of rotatable bonds is 3. The van der Waals surface area contributed by atoms with E-state index in [1.54, 1.807) is 11.6 Å². The number of carboxylic acid groups (broad SMARTS) is 1. The lowest BCUT2D eigenvalue weighted by molar-refractivity contribution is 0.0701. The Morgan fingerprint density at radius 3 is 3.00 bits per heavy atom. The number of carboxylic acids is 1. The normalized spacial score (nSPS) is 10.9. The number of aromatic carboxylic acids is 1. The molecule has 2 heterocycles. The summed E-state index contributed by atoms with van der Waals surface area (Å²) < 4.78 is 1.82. The van der Waals surface area contributed by atoms with Crippen molar-refractivity contribution in [3.8, 4) is 0 Å². The maximum Gasteiger partial charge on any atom is 0.346 e. The largest absolute Gasteiger partial charge is 0.477 e. The zero-order valence-corrected chi connectivity index (χ0v) is 10.2. The molecule has 0 fully saturated rings. The summed E-state index contributed by atoms with van der Waals surface area (Å²) in [6.07, 6.45) is 1.79. The van der Waals surface area contributed by atoms with E-state index in [0.717, 1.165) is 16.5 Å². The van der Waals surface area contributed by atoms with Gasteiger partial charge in [-0.3, -0.25) is 4.68 Å². The summed E-state index contributed by atoms with van der Waals surface area (Å²) in [6.45, 7) is 0.485. The Bertz CT molecular complexity index is 714. The zero-order chi connectivity index (χ0) is 12.5. The minimum Gasteiger partial charge on any atom is -0.477 e. The van der Waals surface area contributed by atoms with Crippen LogP contribution in [-0.2, 0) is 6.54 Å². The SMILES string of the molecule is O=C(O)c1sccc1Cn1ncc2ccccc21. The van der Waals surface area contributed by atoms with Crippen LogP contribution in [0.3, 0.4) is 0 Å². The molecule has 18 heavy (non-hydrogen) atoms. The number of para-hydroxylation sites is 1. The predicted octanol–water partition coefficient (Wildman–Crippen LogP) is 2.84. The second-order valence-electron chi connectivity index (χ2n) is 3.94. The van der Waals surface area contributed by atoms with Crippen LogP contribution in [0.2, 0.25) is 0 Å². The number of aromatic nitrogens is 2. The molecule has 0 bridgehead atoms. The van der Waals surface area contributed by atoms with E-state index in [1.165, 1.54) is 11.3 Å². The Kier molecular flexibility index (Phi) is 2.60.